The highest BCUT2D eigenvalue weighted by Crippen LogP contribution is 2.18. The molecule has 0 aliphatic rings. The van der Waals surface area contributed by atoms with Gasteiger partial charge in [-0.2, -0.15) is 5.10 Å². The molecule has 0 bridgehead atoms. The molecule has 0 amide bonds. The Morgan fingerprint density at radius 2 is 1.42 bits per heavy atom. The van der Waals surface area contributed by atoms with Crippen molar-refractivity contribution in [3.8, 4) is 17.2 Å². The topological polar surface area (TPSA) is 95.2 Å². The summed E-state index contributed by atoms with van der Waals surface area (Å²) < 4.78 is 16.5. The summed E-state index contributed by atoms with van der Waals surface area (Å²) in [5, 5.41) is 14.8. The van der Waals surface area contributed by atoms with Gasteiger partial charge < -0.3 is 14.2 Å². The van der Waals surface area contributed by atoms with Crippen LogP contribution in [0, 0.1) is 10.1 Å². The van der Waals surface area contributed by atoms with E-state index in [1.165, 1.54) is 12.1 Å². The van der Waals surface area contributed by atoms with Crippen molar-refractivity contribution in [2.24, 2.45) is 5.10 Å². The largest absolute Gasteiger partial charge is 0.497 e. The molecule has 1 N–H and O–H groups in total. The van der Waals surface area contributed by atoms with Crippen molar-refractivity contribution in [2.45, 2.75) is 6.42 Å². The Bertz CT molecular complexity index is 987. The zero-order chi connectivity index (χ0) is 21.9. The summed E-state index contributed by atoms with van der Waals surface area (Å²) in [6.45, 7) is 1.11. The molecule has 0 saturated carbocycles. The lowest BCUT2D eigenvalue weighted by molar-refractivity contribution is -0.384. The molecule has 8 nitrogen and oxygen atoms in total. The third-order valence-corrected chi connectivity index (χ3v) is 4.25. The summed E-state index contributed by atoms with van der Waals surface area (Å²) in [5.41, 5.74) is 4.43. The van der Waals surface area contributed by atoms with E-state index in [-0.39, 0.29) is 5.69 Å². The van der Waals surface area contributed by atoms with Crippen molar-refractivity contribution in [3.63, 3.8) is 0 Å². The van der Waals surface area contributed by atoms with Crippen molar-refractivity contribution in [1.82, 2.24) is 0 Å². The average molecular weight is 421 g/mol. The summed E-state index contributed by atoms with van der Waals surface area (Å²) in [6, 6.07) is 21.0. The SMILES string of the molecule is COc1ccc(OCCCOc2ccc(/C=N/Nc3ccc([N+](=O)[O-])cc3)cc2)cc1. The average Bonchev–Trinajstić information content (AvgIpc) is 2.80. The molecule has 0 unspecified atom stereocenters. The molecular weight excluding hydrogens is 398 g/mol. The maximum absolute atomic E-state index is 10.7. The quantitative estimate of drug-likeness (QED) is 0.205. The molecule has 160 valence electrons. The van der Waals surface area contributed by atoms with Gasteiger partial charge >= 0.3 is 0 Å². The lowest BCUT2D eigenvalue weighted by Gasteiger charge is -2.08. The lowest BCUT2D eigenvalue weighted by Crippen LogP contribution is -2.05. The Morgan fingerprint density at radius 3 is 1.97 bits per heavy atom. The molecule has 8 heteroatoms. The number of nitrogens with one attached hydrogen (secondary N) is 1. The molecule has 0 saturated heterocycles. The Morgan fingerprint density at radius 1 is 0.871 bits per heavy atom. The number of ether oxygens (including phenoxy) is 3. The van der Waals surface area contributed by atoms with Gasteiger partial charge in [-0.05, 0) is 66.2 Å². The van der Waals surface area contributed by atoms with Crippen LogP contribution in [-0.2, 0) is 0 Å². The van der Waals surface area contributed by atoms with Crippen LogP contribution in [0.2, 0.25) is 0 Å². The van der Waals surface area contributed by atoms with E-state index < -0.39 is 4.92 Å². The maximum atomic E-state index is 10.7. The molecule has 3 aromatic rings. The second-order valence-corrected chi connectivity index (χ2v) is 6.47. The number of hydrogen-bond donors (Lipinski definition) is 1. The molecule has 0 aliphatic carbocycles. The van der Waals surface area contributed by atoms with Gasteiger partial charge in [-0.1, -0.05) is 0 Å². The highest BCUT2D eigenvalue weighted by molar-refractivity contribution is 5.80. The lowest BCUT2D eigenvalue weighted by atomic mass is 10.2. The van der Waals surface area contributed by atoms with E-state index in [2.05, 4.69) is 10.5 Å². The van der Waals surface area contributed by atoms with E-state index >= 15 is 0 Å². The minimum absolute atomic E-state index is 0.0393. The van der Waals surface area contributed by atoms with E-state index in [0.717, 1.165) is 29.2 Å². The fourth-order valence-electron chi connectivity index (χ4n) is 2.60. The molecule has 0 heterocycles. The third kappa shape index (κ3) is 7.04. The predicted molar refractivity (Wildman–Crippen MR) is 119 cm³/mol. The first-order valence-corrected chi connectivity index (χ1v) is 9.67. The number of hydrogen-bond acceptors (Lipinski definition) is 7. The normalized spacial score (nSPS) is 10.6. The number of rotatable bonds is 11. The summed E-state index contributed by atoms with van der Waals surface area (Å²) in [7, 11) is 1.63. The highest BCUT2D eigenvalue weighted by atomic mass is 16.6. The van der Waals surface area contributed by atoms with E-state index in [1.807, 2.05) is 48.5 Å². The van der Waals surface area contributed by atoms with Gasteiger partial charge in [-0.3, -0.25) is 15.5 Å². The summed E-state index contributed by atoms with van der Waals surface area (Å²) in [6.07, 6.45) is 2.42. The fraction of sp³-hybridized carbons (Fsp3) is 0.174. The van der Waals surface area contributed by atoms with Crippen LogP contribution in [0.1, 0.15) is 12.0 Å². The molecule has 0 spiro atoms. The van der Waals surface area contributed by atoms with Crippen LogP contribution in [0.5, 0.6) is 17.2 Å². The Balaban J connectivity index is 1.36. The first-order valence-electron chi connectivity index (χ1n) is 9.67. The first-order chi connectivity index (χ1) is 15.1. The van der Waals surface area contributed by atoms with Crippen LogP contribution in [0.3, 0.4) is 0 Å². The zero-order valence-electron chi connectivity index (χ0n) is 17.1. The van der Waals surface area contributed by atoms with Crippen LogP contribution in [0.15, 0.2) is 77.9 Å². The number of nitrogens with zero attached hydrogens (tertiary/aromatic N) is 2. The van der Waals surface area contributed by atoms with Crippen LogP contribution < -0.4 is 19.6 Å². The van der Waals surface area contributed by atoms with Gasteiger partial charge in [-0.15, -0.1) is 0 Å². The molecule has 31 heavy (non-hydrogen) atoms. The number of anilines is 1. The molecule has 0 atom stereocenters. The Labute approximate surface area is 180 Å². The van der Waals surface area contributed by atoms with Crippen LogP contribution in [0.4, 0.5) is 11.4 Å². The maximum Gasteiger partial charge on any atom is 0.269 e. The Hall–Kier alpha value is -4.07. The van der Waals surface area contributed by atoms with Crippen molar-refractivity contribution < 1.29 is 19.1 Å². The van der Waals surface area contributed by atoms with E-state index in [0.29, 0.717) is 18.9 Å². The van der Waals surface area contributed by atoms with E-state index in [4.69, 9.17) is 14.2 Å². The van der Waals surface area contributed by atoms with Gasteiger partial charge in [0.05, 0.1) is 37.1 Å². The number of hydrazone groups is 1. The molecule has 3 rings (SSSR count). The summed E-state index contributed by atoms with van der Waals surface area (Å²) in [4.78, 5) is 10.2. The number of nitro groups is 1. The van der Waals surface area contributed by atoms with Gasteiger partial charge in [-0.25, -0.2) is 0 Å². The van der Waals surface area contributed by atoms with Crippen molar-refractivity contribution in [1.29, 1.82) is 0 Å². The minimum atomic E-state index is -0.440. The first kappa shape index (κ1) is 21.6. The van der Waals surface area contributed by atoms with Crippen molar-refractivity contribution >= 4 is 17.6 Å². The second-order valence-electron chi connectivity index (χ2n) is 6.47. The summed E-state index contributed by atoms with van der Waals surface area (Å²) >= 11 is 0. The van der Waals surface area contributed by atoms with Crippen LogP contribution in [-0.4, -0.2) is 31.5 Å². The van der Waals surface area contributed by atoms with Crippen molar-refractivity contribution in [2.75, 3.05) is 25.7 Å². The third-order valence-electron chi connectivity index (χ3n) is 4.25. The number of nitro benzene ring substituents is 1. The number of non-ortho nitro benzene ring substituents is 1. The van der Waals surface area contributed by atoms with Gasteiger partial charge in [0.2, 0.25) is 0 Å². The van der Waals surface area contributed by atoms with Crippen LogP contribution in [0.25, 0.3) is 0 Å². The predicted octanol–water partition coefficient (Wildman–Crippen LogP) is 4.90. The van der Waals surface area contributed by atoms with Gasteiger partial charge in [0.1, 0.15) is 17.2 Å². The van der Waals surface area contributed by atoms with Gasteiger partial charge in [0, 0.05) is 18.6 Å². The molecule has 0 aromatic heterocycles. The minimum Gasteiger partial charge on any atom is -0.497 e. The molecule has 0 aliphatic heterocycles. The highest BCUT2D eigenvalue weighted by Gasteiger charge is 2.03. The monoisotopic (exact) mass is 421 g/mol. The molecule has 0 radical (unpaired) electrons. The number of benzene rings is 3. The Kier molecular flexibility index (Phi) is 7.82. The fourth-order valence-corrected chi connectivity index (χ4v) is 2.60. The van der Waals surface area contributed by atoms with E-state index in [1.54, 1.807) is 25.5 Å². The standard InChI is InChI=1S/C23H23N3O5/c1-29-21-11-13-23(14-12-21)31-16-2-15-30-22-9-3-18(4-10-22)17-24-25-19-5-7-20(8-6-19)26(27)28/h3-14,17,25H,2,15-16H2,1H3/b24-17+. The summed E-state index contributed by atoms with van der Waals surface area (Å²) in [5.74, 6) is 2.36. The van der Waals surface area contributed by atoms with Gasteiger partial charge in [0.15, 0.2) is 0 Å². The van der Waals surface area contributed by atoms with Crippen molar-refractivity contribution in [3.05, 3.63) is 88.5 Å². The second kappa shape index (κ2) is 11.2. The van der Waals surface area contributed by atoms with E-state index in [9.17, 15) is 10.1 Å². The van der Waals surface area contributed by atoms with Gasteiger partial charge in [0.25, 0.3) is 5.69 Å². The van der Waals surface area contributed by atoms with Crippen LogP contribution >= 0.6 is 0 Å². The number of methoxy groups -OCH3 is 1. The molecule has 3 aromatic carbocycles. The smallest absolute Gasteiger partial charge is 0.269 e. The molecular formula is C23H23N3O5. The zero-order valence-corrected chi connectivity index (χ0v) is 17.1. The molecule has 0 fully saturated rings.